The van der Waals surface area contributed by atoms with Crippen molar-refractivity contribution in [2.75, 3.05) is 13.2 Å². The third-order valence-corrected chi connectivity index (χ3v) is 7.03. The number of hydrogen-bond donors (Lipinski definition) is 0. The van der Waals surface area contributed by atoms with E-state index in [2.05, 4.69) is 0 Å². The molecule has 0 spiro atoms. The minimum absolute atomic E-state index is 0.0191. The van der Waals surface area contributed by atoms with Crippen LogP contribution in [-0.4, -0.2) is 30.0 Å². The minimum atomic E-state index is -3.81. The molecule has 0 aliphatic rings. The van der Waals surface area contributed by atoms with Crippen molar-refractivity contribution in [3.63, 3.8) is 0 Å². The molecule has 0 aliphatic heterocycles. The van der Waals surface area contributed by atoms with Crippen LogP contribution < -0.4 is 0 Å². The van der Waals surface area contributed by atoms with Gasteiger partial charge in [-0.05, 0) is 56.4 Å². The third-order valence-electron chi connectivity index (χ3n) is 4.44. The predicted octanol–water partition coefficient (Wildman–Crippen LogP) is 4.08. The zero-order valence-corrected chi connectivity index (χ0v) is 18.8. The van der Waals surface area contributed by atoms with Gasteiger partial charge < -0.3 is 0 Å². The Labute approximate surface area is 174 Å². The molecule has 2 aromatic rings. The van der Waals surface area contributed by atoms with Crippen LogP contribution in [0.3, 0.4) is 0 Å². The molecule has 0 saturated heterocycles. The highest BCUT2D eigenvalue weighted by Crippen LogP contribution is 2.20. The highest BCUT2D eigenvalue weighted by molar-refractivity contribution is 7.87. The van der Waals surface area contributed by atoms with Crippen LogP contribution in [-0.2, 0) is 28.6 Å². The first-order valence-corrected chi connectivity index (χ1v) is 12.2. The Morgan fingerprint density at radius 3 is 1.28 bits per heavy atom. The molecular weight excluding hydrogens is 412 g/mol. The molecule has 29 heavy (non-hydrogen) atoms. The lowest BCUT2D eigenvalue weighted by molar-refractivity contribution is 0.204. The van der Waals surface area contributed by atoms with Crippen LogP contribution in [0.2, 0.25) is 0 Å². The number of hydrogen-bond acceptors (Lipinski definition) is 6. The van der Waals surface area contributed by atoms with Gasteiger partial charge in [-0.25, -0.2) is 0 Å². The van der Waals surface area contributed by atoms with Crippen molar-refractivity contribution in [3.8, 4) is 0 Å². The molecule has 6 nitrogen and oxygen atoms in total. The van der Waals surface area contributed by atoms with Gasteiger partial charge >= 0.3 is 0 Å². The Morgan fingerprint density at radius 2 is 0.966 bits per heavy atom. The van der Waals surface area contributed by atoms with Crippen molar-refractivity contribution in [2.24, 2.45) is 11.8 Å². The van der Waals surface area contributed by atoms with Gasteiger partial charge in [0.15, 0.2) is 0 Å². The molecule has 0 saturated carbocycles. The molecule has 2 rings (SSSR count). The van der Waals surface area contributed by atoms with Crippen LogP contribution in [0.15, 0.2) is 58.3 Å². The lowest BCUT2D eigenvalue weighted by Gasteiger charge is -2.17. The molecule has 160 valence electrons. The summed E-state index contributed by atoms with van der Waals surface area (Å²) >= 11 is 0. The van der Waals surface area contributed by atoms with E-state index in [1.165, 1.54) is 24.3 Å². The third kappa shape index (κ3) is 7.22. The maximum Gasteiger partial charge on any atom is 0.296 e. The molecule has 2 aromatic carbocycles. The molecule has 0 heterocycles. The maximum absolute atomic E-state index is 12.2. The Hall–Kier alpha value is -1.74. The molecule has 0 aromatic heterocycles. The van der Waals surface area contributed by atoms with Gasteiger partial charge in [0.25, 0.3) is 20.2 Å². The van der Waals surface area contributed by atoms with Crippen LogP contribution >= 0.6 is 0 Å². The first-order valence-electron chi connectivity index (χ1n) is 9.42. The standard InChI is InChI=1S/C21H28O6S2/c1-16-5-9-20(10-6-16)28(22,23)26-14-18(3)13-19(4)15-27-29(24,25)21-11-7-17(2)8-12-21/h5-12,18-19H,13-15H2,1-4H3/t18-,19-/m1/s1. The highest BCUT2D eigenvalue weighted by Gasteiger charge is 2.20. The maximum atomic E-state index is 12.2. The van der Waals surface area contributed by atoms with E-state index in [0.29, 0.717) is 6.42 Å². The van der Waals surface area contributed by atoms with Gasteiger partial charge in [-0.2, -0.15) is 16.8 Å². The molecule has 0 bridgehead atoms. The van der Waals surface area contributed by atoms with Gasteiger partial charge in [-0.1, -0.05) is 49.2 Å². The lowest BCUT2D eigenvalue weighted by atomic mass is 9.99. The monoisotopic (exact) mass is 440 g/mol. The van der Waals surface area contributed by atoms with E-state index in [-0.39, 0.29) is 34.8 Å². The molecule has 0 amide bonds. The summed E-state index contributed by atoms with van der Waals surface area (Å²) < 4.78 is 59.3. The van der Waals surface area contributed by atoms with Crippen LogP contribution in [0.4, 0.5) is 0 Å². The molecule has 0 aliphatic carbocycles. The quantitative estimate of drug-likeness (QED) is 0.518. The molecule has 0 fully saturated rings. The van der Waals surface area contributed by atoms with E-state index < -0.39 is 20.2 Å². The van der Waals surface area contributed by atoms with E-state index in [4.69, 9.17) is 8.37 Å². The van der Waals surface area contributed by atoms with Gasteiger partial charge in [-0.3, -0.25) is 8.37 Å². The first-order chi connectivity index (χ1) is 13.5. The van der Waals surface area contributed by atoms with Crippen molar-refractivity contribution in [1.29, 1.82) is 0 Å². The predicted molar refractivity (Wildman–Crippen MR) is 112 cm³/mol. The fraction of sp³-hybridized carbons (Fsp3) is 0.429. The van der Waals surface area contributed by atoms with Crippen LogP contribution in [0.5, 0.6) is 0 Å². The average Bonchev–Trinajstić information content (AvgIpc) is 2.66. The molecule has 8 heteroatoms. The van der Waals surface area contributed by atoms with Gasteiger partial charge in [-0.15, -0.1) is 0 Å². The Bertz CT molecular complexity index is 911. The van der Waals surface area contributed by atoms with Crippen LogP contribution in [0.1, 0.15) is 31.4 Å². The van der Waals surface area contributed by atoms with Gasteiger partial charge in [0.2, 0.25) is 0 Å². The summed E-state index contributed by atoms with van der Waals surface area (Å²) in [6.45, 7) is 7.51. The van der Waals surface area contributed by atoms with Crippen molar-refractivity contribution >= 4 is 20.2 Å². The summed E-state index contributed by atoms with van der Waals surface area (Å²) in [5, 5.41) is 0. The van der Waals surface area contributed by atoms with E-state index in [9.17, 15) is 16.8 Å². The smallest absolute Gasteiger partial charge is 0.266 e. The summed E-state index contributed by atoms with van der Waals surface area (Å²) in [7, 11) is -7.62. The highest BCUT2D eigenvalue weighted by atomic mass is 32.2. The average molecular weight is 441 g/mol. The zero-order valence-electron chi connectivity index (χ0n) is 17.2. The van der Waals surface area contributed by atoms with E-state index in [1.54, 1.807) is 24.3 Å². The topological polar surface area (TPSA) is 86.7 Å². The normalized spacial score (nSPS) is 14.5. The van der Waals surface area contributed by atoms with Crippen molar-refractivity contribution in [3.05, 3.63) is 59.7 Å². The lowest BCUT2D eigenvalue weighted by Crippen LogP contribution is -2.18. The SMILES string of the molecule is Cc1ccc(S(=O)(=O)OC[C@H](C)C[C@@H](C)COS(=O)(=O)c2ccc(C)cc2)cc1. The summed E-state index contributed by atoms with van der Waals surface area (Å²) in [6.07, 6.45) is 0.562. The molecule has 0 unspecified atom stereocenters. The second-order valence-corrected chi connectivity index (χ2v) is 10.8. The van der Waals surface area contributed by atoms with Crippen LogP contribution in [0, 0.1) is 25.7 Å². The molecule has 0 N–H and O–H groups in total. The van der Waals surface area contributed by atoms with E-state index in [1.807, 2.05) is 27.7 Å². The van der Waals surface area contributed by atoms with Crippen molar-refractivity contribution in [2.45, 2.75) is 43.9 Å². The van der Waals surface area contributed by atoms with Crippen LogP contribution in [0.25, 0.3) is 0 Å². The van der Waals surface area contributed by atoms with Crippen molar-refractivity contribution in [1.82, 2.24) is 0 Å². The molecule has 2 atom stereocenters. The summed E-state index contributed by atoms with van der Waals surface area (Å²) in [5.74, 6) is -0.174. The first kappa shape index (κ1) is 23.5. The fourth-order valence-corrected chi connectivity index (χ4v) is 4.81. The second kappa shape index (κ2) is 9.84. The largest absolute Gasteiger partial charge is 0.296 e. The Kier molecular flexibility index (Phi) is 7.99. The minimum Gasteiger partial charge on any atom is -0.266 e. The van der Waals surface area contributed by atoms with Gasteiger partial charge in [0.1, 0.15) is 0 Å². The Balaban J connectivity index is 1.83. The Morgan fingerprint density at radius 1 is 0.655 bits per heavy atom. The summed E-state index contributed by atoms with van der Waals surface area (Å²) in [6, 6.07) is 12.9. The van der Waals surface area contributed by atoms with Crippen molar-refractivity contribution < 1.29 is 25.2 Å². The number of rotatable bonds is 10. The van der Waals surface area contributed by atoms with E-state index >= 15 is 0 Å². The van der Waals surface area contributed by atoms with Gasteiger partial charge in [0, 0.05) is 0 Å². The molecular formula is C21H28O6S2. The van der Waals surface area contributed by atoms with Gasteiger partial charge in [0.05, 0.1) is 23.0 Å². The zero-order chi connectivity index (χ0) is 21.7. The summed E-state index contributed by atoms with van der Waals surface area (Å²) in [4.78, 5) is 0.242. The fourth-order valence-electron chi connectivity index (χ4n) is 2.78. The second-order valence-electron chi connectivity index (χ2n) is 7.55. The molecule has 0 radical (unpaired) electrons. The number of benzene rings is 2. The summed E-state index contributed by atoms with van der Waals surface area (Å²) in [5.41, 5.74) is 1.93. The van der Waals surface area contributed by atoms with E-state index in [0.717, 1.165) is 11.1 Å². The number of aryl methyl sites for hydroxylation is 2.